The number of hydrogen-bond acceptors (Lipinski definition) is 6. The number of aryl methyl sites for hydroxylation is 1. The Kier molecular flexibility index (Phi) is 7.12. The van der Waals surface area contributed by atoms with E-state index in [0.29, 0.717) is 28.4 Å². The van der Waals surface area contributed by atoms with Crippen LogP contribution in [0.15, 0.2) is 48.7 Å². The Morgan fingerprint density at radius 1 is 0.968 bits per heavy atom. The van der Waals surface area contributed by atoms with Gasteiger partial charge in [0.05, 0.1) is 10.0 Å². The minimum Gasteiger partial charge on any atom is -0.492 e. The predicted octanol–water partition coefficient (Wildman–Crippen LogP) is 6.05. The zero-order valence-electron chi connectivity index (χ0n) is 17.4. The van der Waals surface area contributed by atoms with E-state index in [-0.39, 0.29) is 0 Å². The van der Waals surface area contributed by atoms with Crippen LogP contribution in [0.3, 0.4) is 0 Å². The van der Waals surface area contributed by atoms with E-state index < -0.39 is 0 Å². The summed E-state index contributed by atoms with van der Waals surface area (Å²) in [6, 6.07) is 13.2. The average Bonchev–Trinajstić information content (AvgIpc) is 3.28. The molecule has 0 saturated carbocycles. The minimum atomic E-state index is 0.486. The molecule has 3 aromatic rings. The number of halogens is 2. The van der Waals surface area contributed by atoms with Crippen LogP contribution in [0.2, 0.25) is 10.0 Å². The SMILES string of the molecule is Cc1cnc(Nc2ccc(OCCN3CCCC3)cc2)nc1Nc1ccc(Cl)c(Cl)c1. The fraction of sp³-hybridized carbons (Fsp3) is 0.304. The maximum atomic E-state index is 6.11. The lowest BCUT2D eigenvalue weighted by Gasteiger charge is -2.15. The Bertz CT molecular complexity index is 1020. The molecule has 0 aliphatic carbocycles. The van der Waals surface area contributed by atoms with Crippen molar-refractivity contribution in [2.24, 2.45) is 0 Å². The van der Waals surface area contributed by atoms with Crippen molar-refractivity contribution >= 4 is 46.3 Å². The summed E-state index contributed by atoms with van der Waals surface area (Å²) in [4.78, 5) is 11.4. The third-order valence-corrected chi connectivity index (χ3v) is 5.88. The van der Waals surface area contributed by atoms with E-state index in [9.17, 15) is 0 Å². The number of ether oxygens (including phenoxy) is 1. The van der Waals surface area contributed by atoms with Crippen LogP contribution in [-0.4, -0.2) is 41.1 Å². The topological polar surface area (TPSA) is 62.3 Å². The first kappa shape index (κ1) is 21.7. The summed E-state index contributed by atoms with van der Waals surface area (Å²) in [6.07, 6.45) is 4.36. The average molecular weight is 458 g/mol. The molecule has 8 heteroatoms. The highest BCUT2D eigenvalue weighted by molar-refractivity contribution is 6.42. The Labute approximate surface area is 192 Å². The van der Waals surface area contributed by atoms with Crippen LogP contribution in [-0.2, 0) is 0 Å². The molecule has 0 radical (unpaired) electrons. The van der Waals surface area contributed by atoms with E-state index in [4.69, 9.17) is 27.9 Å². The summed E-state index contributed by atoms with van der Waals surface area (Å²) < 4.78 is 5.86. The number of rotatable bonds is 8. The van der Waals surface area contributed by atoms with E-state index in [1.54, 1.807) is 18.3 Å². The lowest BCUT2D eigenvalue weighted by Crippen LogP contribution is -2.25. The number of nitrogens with one attached hydrogen (secondary N) is 2. The molecule has 0 unspecified atom stereocenters. The Morgan fingerprint density at radius 2 is 1.71 bits per heavy atom. The maximum absolute atomic E-state index is 6.11. The van der Waals surface area contributed by atoms with Crippen LogP contribution in [0.5, 0.6) is 5.75 Å². The van der Waals surface area contributed by atoms with Crippen LogP contribution in [0.4, 0.5) is 23.1 Å². The van der Waals surface area contributed by atoms with Gasteiger partial charge in [0, 0.05) is 29.7 Å². The molecule has 0 atom stereocenters. The van der Waals surface area contributed by atoms with Crippen LogP contribution < -0.4 is 15.4 Å². The molecule has 0 amide bonds. The number of nitrogens with zero attached hydrogens (tertiary/aromatic N) is 3. The minimum absolute atomic E-state index is 0.486. The Balaban J connectivity index is 1.36. The van der Waals surface area contributed by atoms with Crippen LogP contribution in [0.1, 0.15) is 18.4 Å². The molecule has 1 aromatic heterocycles. The standard InChI is InChI=1S/C23H25Cl2N5O/c1-16-15-26-23(29-22(16)27-18-6-9-20(24)21(25)14-18)28-17-4-7-19(8-5-17)31-13-12-30-10-2-3-11-30/h4-9,14-15H,2-3,10-13H2,1H3,(H2,26,27,28,29). The van der Waals surface area contributed by atoms with Gasteiger partial charge in [-0.2, -0.15) is 4.98 Å². The van der Waals surface area contributed by atoms with E-state index >= 15 is 0 Å². The van der Waals surface area contributed by atoms with Gasteiger partial charge in [0.1, 0.15) is 18.2 Å². The van der Waals surface area contributed by atoms with E-state index in [1.165, 1.54) is 25.9 Å². The van der Waals surface area contributed by atoms with Crippen molar-refractivity contribution in [2.45, 2.75) is 19.8 Å². The van der Waals surface area contributed by atoms with Gasteiger partial charge in [-0.25, -0.2) is 4.98 Å². The lowest BCUT2D eigenvalue weighted by molar-refractivity contribution is 0.238. The highest BCUT2D eigenvalue weighted by Gasteiger charge is 2.11. The first-order chi connectivity index (χ1) is 15.1. The Hall–Kier alpha value is -2.54. The van der Waals surface area contributed by atoms with Gasteiger partial charge in [-0.05, 0) is 75.3 Å². The van der Waals surface area contributed by atoms with Gasteiger partial charge in [-0.3, -0.25) is 4.90 Å². The van der Waals surface area contributed by atoms with Gasteiger partial charge in [0.15, 0.2) is 0 Å². The molecule has 1 aliphatic rings. The van der Waals surface area contributed by atoms with Crippen molar-refractivity contribution in [3.05, 3.63) is 64.3 Å². The second kappa shape index (κ2) is 10.2. The first-order valence-electron chi connectivity index (χ1n) is 10.3. The van der Waals surface area contributed by atoms with Crippen LogP contribution in [0.25, 0.3) is 0 Å². The monoisotopic (exact) mass is 457 g/mol. The normalized spacial score (nSPS) is 13.9. The van der Waals surface area contributed by atoms with Gasteiger partial charge in [-0.1, -0.05) is 23.2 Å². The maximum Gasteiger partial charge on any atom is 0.229 e. The van der Waals surface area contributed by atoms with Gasteiger partial charge < -0.3 is 15.4 Å². The highest BCUT2D eigenvalue weighted by atomic mass is 35.5. The van der Waals surface area contributed by atoms with Crippen molar-refractivity contribution in [3.63, 3.8) is 0 Å². The molecule has 2 aromatic carbocycles. The molecular formula is C23H25Cl2N5O. The molecule has 2 N–H and O–H groups in total. The molecule has 162 valence electrons. The predicted molar refractivity (Wildman–Crippen MR) is 127 cm³/mol. The highest BCUT2D eigenvalue weighted by Crippen LogP contribution is 2.28. The fourth-order valence-electron chi connectivity index (χ4n) is 3.40. The lowest BCUT2D eigenvalue weighted by atomic mass is 10.3. The van der Waals surface area contributed by atoms with Gasteiger partial charge >= 0.3 is 0 Å². The van der Waals surface area contributed by atoms with E-state index in [2.05, 4.69) is 25.5 Å². The summed E-state index contributed by atoms with van der Waals surface area (Å²) in [5.41, 5.74) is 2.60. The zero-order chi connectivity index (χ0) is 21.6. The second-order valence-electron chi connectivity index (χ2n) is 7.53. The van der Waals surface area contributed by atoms with Gasteiger partial charge in [0.2, 0.25) is 5.95 Å². The van der Waals surface area contributed by atoms with Crippen molar-refractivity contribution < 1.29 is 4.74 Å². The van der Waals surface area contributed by atoms with E-state index in [1.807, 2.05) is 37.3 Å². The molecule has 1 saturated heterocycles. The molecule has 1 aliphatic heterocycles. The molecule has 2 heterocycles. The quantitative estimate of drug-likeness (QED) is 0.428. The van der Waals surface area contributed by atoms with Crippen LogP contribution in [0, 0.1) is 6.92 Å². The molecule has 1 fully saturated rings. The summed E-state index contributed by atoms with van der Waals surface area (Å²) in [7, 11) is 0. The molecular weight excluding hydrogens is 433 g/mol. The third kappa shape index (κ3) is 6.00. The van der Waals surface area contributed by atoms with Crippen molar-refractivity contribution in [1.29, 1.82) is 0 Å². The van der Waals surface area contributed by atoms with Gasteiger partial charge in [0.25, 0.3) is 0 Å². The molecule has 6 nitrogen and oxygen atoms in total. The summed E-state index contributed by atoms with van der Waals surface area (Å²) in [5, 5.41) is 7.49. The summed E-state index contributed by atoms with van der Waals surface area (Å²) in [5.74, 6) is 2.05. The summed E-state index contributed by atoms with van der Waals surface area (Å²) >= 11 is 12.1. The number of anilines is 4. The fourth-order valence-corrected chi connectivity index (χ4v) is 3.70. The van der Waals surface area contributed by atoms with Gasteiger partial charge in [-0.15, -0.1) is 0 Å². The summed E-state index contributed by atoms with van der Waals surface area (Å²) in [6.45, 7) is 6.00. The number of benzene rings is 2. The molecule has 4 rings (SSSR count). The van der Waals surface area contributed by atoms with E-state index in [0.717, 1.165) is 29.2 Å². The third-order valence-electron chi connectivity index (χ3n) is 5.14. The van der Waals surface area contributed by atoms with Crippen molar-refractivity contribution in [2.75, 3.05) is 36.9 Å². The second-order valence-corrected chi connectivity index (χ2v) is 8.34. The number of aromatic nitrogens is 2. The Morgan fingerprint density at radius 3 is 2.45 bits per heavy atom. The number of hydrogen-bond donors (Lipinski definition) is 2. The smallest absolute Gasteiger partial charge is 0.229 e. The molecule has 31 heavy (non-hydrogen) atoms. The molecule has 0 bridgehead atoms. The number of likely N-dealkylation sites (tertiary alicyclic amines) is 1. The van der Waals surface area contributed by atoms with Crippen molar-refractivity contribution in [1.82, 2.24) is 14.9 Å². The van der Waals surface area contributed by atoms with Crippen LogP contribution >= 0.6 is 23.2 Å². The van der Waals surface area contributed by atoms with Crippen molar-refractivity contribution in [3.8, 4) is 5.75 Å². The largest absolute Gasteiger partial charge is 0.492 e. The molecule has 0 spiro atoms. The first-order valence-corrected chi connectivity index (χ1v) is 11.1. The zero-order valence-corrected chi connectivity index (χ0v) is 18.9.